The lowest BCUT2D eigenvalue weighted by Crippen LogP contribution is -2.40. The third kappa shape index (κ3) is 8.20. The van der Waals surface area contributed by atoms with Gasteiger partial charge in [0.1, 0.15) is 23.1 Å². The molecule has 4 rings (SSSR count). The number of benzene rings is 1. The number of rotatable bonds is 5. The van der Waals surface area contributed by atoms with Gasteiger partial charge in [0.25, 0.3) is 0 Å². The molecule has 2 aromatic heterocycles. The number of amides is 4. The quantitative estimate of drug-likeness (QED) is 0.234. The molecule has 0 radical (unpaired) electrons. The maximum absolute atomic E-state index is 16.4. The van der Waals surface area contributed by atoms with Crippen molar-refractivity contribution >= 4 is 52.3 Å². The maximum atomic E-state index is 16.4. The van der Waals surface area contributed by atoms with Crippen LogP contribution in [0.25, 0.3) is 21.9 Å². The summed E-state index contributed by atoms with van der Waals surface area (Å²) in [6.07, 6.45) is -0.473. The molecule has 1 aliphatic carbocycles. The summed E-state index contributed by atoms with van der Waals surface area (Å²) in [5.41, 5.74) is -2.29. The van der Waals surface area contributed by atoms with E-state index in [9.17, 15) is 24.3 Å². The zero-order valence-corrected chi connectivity index (χ0v) is 26.9. The average molecular weight is 651 g/mol. The third-order valence-corrected chi connectivity index (χ3v) is 6.86. The van der Waals surface area contributed by atoms with Crippen molar-refractivity contribution in [2.75, 3.05) is 15.5 Å². The Labute approximate surface area is 269 Å². The highest BCUT2D eigenvalue weighted by molar-refractivity contribution is 6.10. The predicted octanol–water partition coefficient (Wildman–Crippen LogP) is 7.36. The van der Waals surface area contributed by atoms with Crippen molar-refractivity contribution in [2.45, 2.75) is 78.6 Å². The van der Waals surface area contributed by atoms with E-state index in [0.29, 0.717) is 23.1 Å². The van der Waals surface area contributed by atoms with Gasteiger partial charge in [0.2, 0.25) is 0 Å². The average Bonchev–Trinajstić information content (AvgIpc) is 2.91. The topological polar surface area (TPSA) is 193 Å². The van der Waals surface area contributed by atoms with Crippen LogP contribution in [0.4, 0.5) is 40.8 Å². The maximum Gasteiger partial charge on any atom is 0.424 e. The molecule has 1 fully saturated rings. The molecule has 15 heteroatoms. The van der Waals surface area contributed by atoms with Gasteiger partial charge in [-0.15, -0.1) is 0 Å². The SMILES string of the molecule is Cc1c(-c2cc3cc(NC(=O)OC4CC(C#N)C4)ncc3c(NC(=O)OC(C)(C)C)c2F)cncc1N(C(=O)O)C(=O)OC(C)(C)C. The Kier molecular flexibility index (Phi) is 9.55. The van der Waals surface area contributed by atoms with Crippen LogP contribution >= 0.6 is 0 Å². The fourth-order valence-corrected chi connectivity index (χ4v) is 4.71. The molecule has 0 bridgehead atoms. The molecule has 0 atom stereocenters. The summed E-state index contributed by atoms with van der Waals surface area (Å²) < 4.78 is 32.4. The van der Waals surface area contributed by atoms with E-state index in [1.54, 1.807) is 41.5 Å². The molecular formula is C32H35FN6O8. The largest absolute Gasteiger partial charge is 0.464 e. The van der Waals surface area contributed by atoms with Crippen molar-refractivity contribution < 1.29 is 42.9 Å². The van der Waals surface area contributed by atoms with Crippen LogP contribution in [0, 0.1) is 30.0 Å². The number of pyridine rings is 2. The number of anilines is 3. The number of nitrogens with one attached hydrogen (secondary N) is 2. The first kappa shape index (κ1) is 34.4. The highest BCUT2D eigenvalue weighted by atomic mass is 19.1. The number of carbonyl (C=O) groups is 4. The lowest BCUT2D eigenvalue weighted by atomic mass is 9.84. The summed E-state index contributed by atoms with van der Waals surface area (Å²) in [6.45, 7) is 11.1. The molecule has 3 aromatic rings. The standard InChI is InChI=1S/C32H35FN6O8/c1-16-21(13-35-15-23(16)39(29(42)43)30(44)47-32(5,6)7)20-10-18-11-24(37-27(40)45-19-8-17(9-19)12-34)36-14-22(18)26(25(20)33)38-28(41)46-31(2,3)4/h10-11,13-15,17,19H,8-9H2,1-7H3,(H,38,41)(H,42,43)(H,36,37,40). The molecule has 0 unspecified atom stereocenters. The molecular weight excluding hydrogens is 615 g/mol. The normalized spacial score (nSPS) is 15.9. The van der Waals surface area contributed by atoms with Crippen LogP contribution in [0.2, 0.25) is 0 Å². The number of nitriles is 1. The van der Waals surface area contributed by atoms with E-state index in [2.05, 4.69) is 26.7 Å². The van der Waals surface area contributed by atoms with Crippen molar-refractivity contribution in [1.29, 1.82) is 5.26 Å². The molecule has 3 N–H and O–H groups in total. The fraction of sp³-hybridized carbons (Fsp3) is 0.406. The van der Waals surface area contributed by atoms with Gasteiger partial charge in [0, 0.05) is 41.7 Å². The van der Waals surface area contributed by atoms with E-state index in [4.69, 9.17) is 19.5 Å². The number of nitrogens with zero attached hydrogens (tertiary/aromatic N) is 4. The Morgan fingerprint density at radius 2 is 1.64 bits per heavy atom. The van der Waals surface area contributed by atoms with E-state index in [-0.39, 0.29) is 45.2 Å². The summed E-state index contributed by atoms with van der Waals surface area (Å²) in [6, 6.07) is 4.94. The van der Waals surface area contributed by atoms with Crippen LogP contribution in [0.15, 0.2) is 30.7 Å². The zero-order valence-electron chi connectivity index (χ0n) is 26.9. The minimum absolute atomic E-state index is 0.0463. The smallest absolute Gasteiger partial charge is 0.424 e. The van der Waals surface area contributed by atoms with Gasteiger partial charge in [-0.3, -0.25) is 15.6 Å². The molecule has 47 heavy (non-hydrogen) atoms. The molecule has 248 valence electrons. The van der Waals surface area contributed by atoms with Crippen LogP contribution in [0.5, 0.6) is 0 Å². The predicted molar refractivity (Wildman–Crippen MR) is 168 cm³/mol. The van der Waals surface area contributed by atoms with Crippen LogP contribution in [0.3, 0.4) is 0 Å². The minimum atomic E-state index is -1.65. The molecule has 1 saturated carbocycles. The Bertz CT molecular complexity index is 1790. The lowest BCUT2D eigenvalue weighted by molar-refractivity contribution is 0.0417. The number of carboxylic acid groups (broad SMARTS) is 1. The fourth-order valence-electron chi connectivity index (χ4n) is 4.71. The number of carbonyl (C=O) groups excluding carboxylic acids is 3. The molecule has 4 amide bonds. The molecule has 2 heterocycles. The number of hydrogen-bond acceptors (Lipinski definition) is 10. The second-order valence-electron chi connectivity index (χ2n) is 12.9. The minimum Gasteiger partial charge on any atom is -0.464 e. The molecule has 14 nitrogen and oxygen atoms in total. The second-order valence-corrected chi connectivity index (χ2v) is 12.9. The number of ether oxygens (including phenoxy) is 3. The van der Waals surface area contributed by atoms with E-state index < -0.39 is 47.5 Å². The highest BCUT2D eigenvalue weighted by Crippen LogP contribution is 2.39. The Morgan fingerprint density at radius 1 is 0.979 bits per heavy atom. The summed E-state index contributed by atoms with van der Waals surface area (Å²) in [7, 11) is 0. The summed E-state index contributed by atoms with van der Waals surface area (Å²) in [5.74, 6) is -1.05. The number of halogens is 1. The van der Waals surface area contributed by atoms with Gasteiger partial charge >= 0.3 is 24.4 Å². The van der Waals surface area contributed by atoms with Crippen molar-refractivity contribution in [2.24, 2.45) is 5.92 Å². The van der Waals surface area contributed by atoms with E-state index in [1.807, 2.05) is 0 Å². The van der Waals surface area contributed by atoms with Crippen LogP contribution in [0.1, 0.15) is 59.9 Å². The van der Waals surface area contributed by atoms with Gasteiger partial charge in [0.15, 0.2) is 5.82 Å². The Morgan fingerprint density at radius 3 is 2.23 bits per heavy atom. The van der Waals surface area contributed by atoms with Gasteiger partial charge in [-0.1, -0.05) is 0 Å². The van der Waals surface area contributed by atoms with Crippen molar-refractivity contribution in [3.8, 4) is 17.2 Å². The lowest BCUT2D eigenvalue weighted by Gasteiger charge is -2.29. The van der Waals surface area contributed by atoms with Crippen LogP contribution in [-0.4, -0.2) is 56.8 Å². The van der Waals surface area contributed by atoms with Gasteiger partial charge < -0.3 is 19.3 Å². The first-order chi connectivity index (χ1) is 21.9. The first-order valence-corrected chi connectivity index (χ1v) is 14.6. The summed E-state index contributed by atoms with van der Waals surface area (Å²) >= 11 is 0. The van der Waals surface area contributed by atoms with E-state index >= 15 is 4.39 Å². The summed E-state index contributed by atoms with van der Waals surface area (Å²) in [4.78, 5) is 59.0. The molecule has 0 aliphatic heterocycles. The Hall–Kier alpha value is -5.52. The summed E-state index contributed by atoms with van der Waals surface area (Å²) in [5, 5.41) is 24.3. The molecule has 0 spiro atoms. The Balaban J connectivity index is 1.81. The molecule has 0 saturated heterocycles. The molecule has 1 aromatic carbocycles. The van der Waals surface area contributed by atoms with Crippen LogP contribution < -0.4 is 15.5 Å². The number of fused-ring (bicyclic) bond motifs is 1. The van der Waals surface area contributed by atoms with Crippen molar-refractivity contribution in [3.63, 3.8) is 0 Å². The van der Waals surface area contributed by atoms with E-state index in [1.165, 1.54) is 31.5 Å². The monoisotopic (exact) mass is 650 g/mol. The third-order valence-electron chi connectivity index (χ3n) is 6.86. The van der Waals surface area contributed by atoms with Gasteiger partial charge in [-0.2, -0.15) is 10.2 Å². The van der Waals surface area contributed by atoms with Gasteiger partial charge in [-0.25, -0.2) is 28.6 Å². The molecule has 1 aliphatic rings. The second kappa shape index (κ2) is 13.1. The van der Waals surface area contributed by atoms with Crippen molar-refractivity contribution in [1.82, 2.24) is 9.97 Å². The number of hydrogen-bond donors (Lipinski definition) is 3. The number of imide groups is 1. The highest BCUT2D eigenvalue weighted by Gasteiger charge is 2.33. The number of aromatic nitrogens is 2. The first-order valence-electron chi connectivity index (χ1n) is 14.6. The van der Waals surface area contributed by atoms with Gasteiger partial charge in [0.05, 0.1) is 29.6 Å². The zero-order chi connectivity index (χ0) is 34.8. The van der Waals surface area contributed by atoms with Gasteiger partial charge in [-0.05, 0) is 71.5 Å². The van der Waals surface area contributed by atoms with E-state index in [0.717, 1.165) is 6.20 Å². The van der Waals surface area contributed by atoms with Crippen LogP contribution in [-0.2, 0) is 14.2 Å². The van der Waals surface area contributed by atoms with Crippen molar-refractivity contribution in [3.05, 3.63) is 42.1 Å².